The second kappa shape index (κ2) is 7.03. The van der Waals surface area contributed by atoms with Crippen molar-refractivity contribution in [3.8, 4) is 0 Å². The summed E-state index contributed by atoms with van der Waals surface area (Å²) in [6.45, 7) is 0.890. The summed E-state index contributed by atoms with van der Waals surface area (Å²) in [4.78, 5) is 4.56. The number of hydrogen-bond acceptors (Lipinski definition) is 4. The van der Waals surface area contributed by atoms with E-state index in [1.165, 1.54) is 11.1 Å². The van der Waals surface area contributed by atoms with Crippen LogP contribution in [0.4, 0.5) is 0 Å². The minimum absolute atomic E-state index is 0.124. The van der Waals surface area contributed by atoms with Gasteiger partial charge in [0.05, 0.1) is 18.8 Å². The summed E-state index contributed by atoms with van der Waals surface area (Å²) in [6, 6.07) is 16.9. The topological polar surface area (TPSA) is 37.5 Å². The lowest BCUT2D eigenvalue weighted by atomic mass is 9.97. The molecule has 1 aliphatic rings. The van der Waals surface area contributed by atoms with Gasteiger partial charge in [-0.25, -0.2) is 0 Å². The van der Waals surface area contributed by atoms with Crippen LogP contribution in [-0.4, -0.2) is 17.5 Å². The molecule has 0 radical (unpaired) electrons. The summed E-state index contributed by atoms with van der Waals surface area (Å²) in [5.74, 6) is 1.05. The molecule has 0 amide bonds. The normalized spacial score (nSPS) is 15.5. The van der Waals surface area contributed by atoms with Crippen LogP contribution >= 0.6 is 27.7 Å². The van der Waals surface area contributed by atoms with Gasteiger partial charge in [-0.05, 0) is 30.2 Å². The molecule has 3 aromatic rings. The number of furan rings is 1. The number of nitrogens with zero attached hydrogens (tertiary/aromatic N) is 1. The molecule has 0 saturated heterocycles. The van der Waals surface area contributed by atoms with E-state index in [-0.39, 0.29) is 6.04 Å². The Hall–Kier alpha value is -1.72. The van der Waals surface area contributed by atoms with Gasteiger partial charge in [0.2, 0.25) is 0 Å². The average molecular weight is 401 g/mol. The molecular formula is C19H17BrN2OS. The van der Waals surface area contributed by atoms with Gasteiger partial charge in [-0.15, -0.1) is 0 Å². The molecule has 5 heteroatoms. The molecule has 2 heterocycles. The van der Waals surface area contributed by atoms with E-state index in [9.17, 15) is 0 Å². The van der Waals surface area contributed by atoms with Gasteiger partial charge < -0.3 is 9.73 Å². The number of benzene rings is 2. The van der Waals surface area contributed by atoms with E-state index in [2.05, 4.69) is 68.7 Å². The van der Waals surface area contributed by atoms with Crippen LogP contribution in [0.3, 0.4) is 0 Å². The zero-order valence-electron chi connectivity index (χ0n) is 13.0. The van der Waals surface area contributed by atoms with Gasteiger partial charge in [0.25, 0.3) is 0 Å². The zero-order valence-corrected chi connectivity index (χ0v) is 15.4. The first-order chi connectivity index (χ1) is 11.8. The molecule has 4 rings (SSSR count). The number of thioether (sulfide) groups is 1. The lowest BCUT2D eigenvalue weighted by Gasteiger charge is -2.20. The van der Waals surface area contributed by atoms with Crippen molar-refractivity contribution in [1.82, 2.24) is 5.32 Å². The van der Waals surface area contributed by atoms with Crippen molar-refractivity contribution in [2.75, 3.05) is 12.3 Å². The quantitative estimate of drug-likeness (QED) is 0.655. The fourth-order valence-corrected chi connectivity index (χ4v) is 4.23. The van der Waals surface area contributed by atoms with E-state index in [1.807, 2.05) is 6.07 Å². The van der Waals surface area contributed by atoms with Crippen molar-refractivity contribution in [2.45, 2.75) is 12.5 Å². The Morgan fingerprint density at radius 2 is 2.12 bits per heavy atom. The van der Waals surface area contributed by atoms with Crippen molar-refractivity contribution in [3.63, 3.8) is 0 Å². The van der Waals surface area contributed by atoms with Crippen molar-refractivity contribution < 1.29 is 4.42 Å². The molecule has 0 bridgehead atoms. The van der Waals surface area contributed by atoms with Crippen LogP contribution in [0.5, 0.6) is 0 Å². The van der Waals surface area contributed by atoms with Crippen LogP contribution in [0.2, 0.25) is 0 Å². The Morgan fingerprint density at radius 1 is 1.21 bits per heavy atom. The largest absolute Gasteiger partial charge is 0.464 e. The highest BCUT2D eigenvalue weighted by Crippen LogP contribution is 2.29. The van der Waals surface area contributed by atoms with Gasteiger partial charge in [-0.2, -0.15) is 0 Å². The Morgan fingerprint density at radius 3 is 2.96 bits per heavy atom. The fourth-order valence-electron chi connectivity index (χ4n) is 3.00. The smallest absolute Gasteiger partial charge is 0.157 e. The summed E-state index contributed by atoms with van der Waals surface area (Å²) in [6.07, 6.45) is 2.63. The Balaban J connectivity index is 1.70. The highest BCUT2D eigenvalue weighted by atomic mass is 79.9. The summed E-state index contributed by atoms with van der Waals surface area (Å²) >= 11 is 5.35. The Bertz CT molecular complexity index is 890. The zero-order chi connectivity index (χ0) is 16.4. The van der Waals surface area contributed by atoms with Crippen molar-refractivity contribution in [1.29, 1.82) is 0 Å². The van der Waals surface area contributed by atoms with Gasteiger partial charge in [0.1, 0.15) is 5.58 Å². The maximum absolute atomic E-state index is 5.76. The van der Waals surface area contributed by atoms with Crippen LogP contribution < -0.4 is 5.32 Å². The van der Waals surface area contributed by atoms with E-state index < -0.39 is 0 Å². The van der Waals surface area contributed by atoms with Crippen molar-refractivity contribution >= 4 is 43.8 Å². The fraction of sp³-hybridized carbons (Fsp3) is 0.211. The Labute approximate surface area is 153 Å². The lowest BCUT2D eigenvalue weighted by molar-refractivity contribution is 0.588. The van der Waals surface area contributed by atoms with Gasteiger partial charge in [-0.3, -0.25) is 4.99 Å². The predicted molar refractivity (Wildman–Crippen MR) is 105 cm³/mol. The molecule has 2 aromatic carbocycles. The minimum atomic E-state index is 0.124. The number of hydrogen-bond donors (Lipinski definition) is 1. The van der Waals surface area contributed by atoms with Crippen LogP contribution in [0.1, 0.15) is 17.2 Å². The second-order valence-electron chi connectivity index (χ2n) is 5.75. The minimum Gasteiger partial charge on any atom is -0.464 e. The molecule has 0 spiro atoms. The number of para-hydroxylation sites is 1. The number of aliphatic imine (C=N–C) groups is 1. The molecule has 1 atom stereocenters. The van der Waals surface area contributed by atoms with Gasteiger partial charge in [-0.1, -0.05) is 58.0 Å². The van der Waals surface area contributed by atoms with Crippen LogP contribution in [0.15, 0.2) is 68.7 Å². The summed E-state index contributed by atoms with van der Waals surface area (Å²) in [7, 11) is 0. The summed E-state index contributed by atoms with van der Waals surface area (Å²) in [5, 5.41) is 5.78. The molecule has 0 saturated carbocycles. The van der Waals surface area contributed by atoms with Gasteiger partial charge in [0.15, 0.2) is 5.17 Å². The molecule has 24 heavy (non-hydrogen) atoms. The van der Waals surface area contributed by atoms with E-state index in [0.29, 0.717) is 0 Å². The molecule has 1 aromatic heterocycles. The third-order valence-corrected chi connectivity index (χ3v) is 5.50. The lowest BCUT2D eigenvalue weighted by Crippen LogP contribution is -2.27. The van der Waals surface area contributed by atoms with E-state index >= 15 is 0 Å². The number of rotatable bonds is 4. The molecule has 1 aliphatic heterocycles. The molecule has 0 fully saturated rings. The SMILES string of the molecule is Brc1cccc(CC(NC2=NCCS2)c2cccc3ccoc23)c1. The standard InChI is InChI=1S/C19H17BrN2OS/c20-15-5-1-3-13(11-15)12-17(22-19-21-8-10-24-19)16-6-2-4-14-7-9-23-18(14)16/h1-7,9,11,17H,8,10,12H2,(H,21,22). The maximum atomic E-state index is 5.76. The van der Waals surface area contributed by atoms with Gasteiger partial charge in [0, 0.05) is 21.2 Å². The average Bonchev–Trinajstić information content (AvgIpc) is 3.25. The molecule has 1 unspecified atom stereocenters. The van der Waals surface area contributed by atoms with Crippen LogP contribution in [-0.2, 0) is 6.42 Å². The second-order valence-corrected chi connectivity index (χ2v) is 7.75. The highest BCUT2D eigenvalue weighted by Gasteiger charge is 2.20. The van der Waals surface area contributed by atoms with Crippen molar-refractivity contribution in [2.24, 2.45) is 4.99 Å². The number of amidine groups is 1. The maximum Gasteiger partial charge on any atom is 0.157 e. The number of nitrogens with one attached hydrogen (secondary N) is 1. The van der Waals surface area contributed by atoms with E-state index in [1.54, 1.807) is 18.0 Å². The first kappa shape index (κ1) is 15.8. The molecule has 1 N–H and O–H groups in total. The third-order valence-electron chi connectivity index (χ3n) is 4.10. The first-order valence-electron chi connectivity index (χ1n) is 7.94. The van der Waals surface area contributed by atoms with Crippen molar-refractivity contribution in [3.05, 3.63) is 70.4 Å². The highest BCUT2D eigenvalue weighted by molar-refractivity contribution is 9.10. The predicted octanol–water partition coefficient (Wildman–Crippen LogP) is 5.17. The first-order valence-corrected chi connectivity index (χ1v) is 9.72. The van der Waals surface area contributed by atoms with Crippen LogP contribution in [0.25, 0.3) is 11.0 Å². The number of halogens is 1. The Kier molecular flexibility index (Phi) is 4.63. The monoisotopic (exact) mass is 400 g/mol. The van der Waals surface area contributed by atoms with Crippen LogP contribution in [0, 0.1) is 0 Å². The summed E-state index contributed by atoms with van der Waals surface area (Å²) < 4.78 is 6.86. The third kappa shape index (κ3) is 3.37. The van der Waals surface area contributed by atoms with E-state index in [0.717, 1.165) is 39.3 Å². The summed E-state index contributed by atoms with van der Waals surface area (Å²) in [5.41, 5.74) is 3.40. The van der Waals surface area contributed by atoms with E-state index in [4.69, 9.17) is 4.42 Å². The number of fused-ring (bicyclic) bond motifs is 1. The molecule has 122 valence electrons. The molecule has 3 nitrogen and oxygen atoms in total. The molecule has 0 aliphatic carbocycles. The molecular weight excluding hydrogens is 384 g/mol. The van der Waals surface area contributed by atoms with Gasteiger partial charge >= 0.3 is 0 Å².